The molecule has 2 aliphatic rings. The third kappa shape index (κ3) is 1.61. The number of allylic oxidation sites excluding steroid dienone is 2. The second-order valence-electron chi connectivity index (χ2n) is 4.73. The van der Waals surface area contributed by atoms with Crippen LogP contribution in [0, 0.1) is 0 Å². The summed E-state index contributed by atoms with van der Waals surface area (Å²) in [5.74, 6) is -0.715. The molecule has 0 saturated carbocycles. The first-order valence-electron chi connectivity index (χ1n) is 6.40. The van der Waals surface area contributed by atoms with Gasteiger partial charge in [-0.15, -0.1) is 0 Å². The number of carbonyl (C=O) groups excluding carboxylic acids is 2. The molecule has 0 N–H and O–H groups in total. The van der Waals surface area contributed by atoms with Crippen LogP contribution in [0.1, 0.15) is 43.0 Å². The number of carbonyl (C=O) groups is 2. The van der Waals surface area contributed by atoms with E-state index < -0.39 is 0 Å². The lowest BCUT2D eigenvalue weighted by Crippen LogP contribution is -2.15. The van der Waals surface area contributed by atoms with Crippen molar-refractivity contribution < 1.29 is 19.1 Å². The number of hydrogen-bond donors (Lipinski definition) is 0. The third-order valence-corrected chi connectivity index (χ3v) is 3.78. The molecule has 4 nitrogen and oxygen atoms in total. The van der Waals surface area contributed by atoms with Gasteiger partial charge < -0.3 is 9.47 Å². The Hall–Kier alpha value is -2.36. The van der Waals surface area contributed by atoms with E-state index >= 15 is 0 Å². The van der Waals surface area contributed by atoms with E-state index in [2.05, 4.69) is 0 Å². The number of esters is 2. The van der Waals surface area contributed by atoms with Crippen LogP contribution >= 0.6 is 0 Å². The maximum absolute atomic E-state index is 12.1. The fraction of sp³-hybridized carbons (Fsp3) is 0.250. The number of ether oxygens (including phenoxy) is 2. The van der Waals surface area contributed by atoms with Crippen molar-refractivity contribution in [2.75, 3.05) is 14.2 Å². The number of rotatable bonds is 2. The zero-order valence-corrected chi connectivity index (χ0v) is 11.4. The lowest BCUT2D eigenvalue weighted by atomic mass is 9.88. The standard InChI is InChI=1S/C16H14O4/c1-19-15(17)13-9-5-3-7-11(9)14(16(18)20-2)12-8-4-6-10(12)13/h3-5,8H,6-7H2,1-2H3. The molecule has 3 rings (SSSR count). The summed E-state index contributed by atoms with van der Waals surface area (Å²) in [7, 11) is 2.74. The SMILES string of the molecule is COC(=O)c1c2c(c(C(=O)OC)c3c1CC=C3)CC=C2. The molecule has 0 atom stereocenters. The molecule has 20 heavy (non-hydrogen) atoms. The van der Waals surface area contributed by atoms with Crippen LogP contribution in [0.25, 0.3) is 12.2 Å². The molecule has 0 heterocycles. The van der Waals surface area contributed by atoms with Gasteiger partial charge in [-0.05, 0) is 35.1 Å². The minimum Gasteiger partial charge on any atom is -0.465 e. The van der Waals surface area contributed by atoms with Crippen molar-refractivity contribution in [3.8, 4) is 0 Å². The maximum Gasteiger partial charge on any atom is 0.338 e. The second-order valence-corrected chi connectivity index (χ2v) is 4.73. The van der Waals surface area contributed by atoms with Crippen molar-refractivity contribution in [2.24, 2.45) is 0 Å². The molecule has 0 bridgehead atoms. The van der Waals surface area contributed by atoms with E-state index in [0.717, 1.165) is 22.3 Å². The highest BCUT2D eigenvalue weighted by Gasteiger charge is 2.31. The third-order valence-electron chi connectivity index (χ3n) is 3.78. The van der Waals surface area contributed by atoms with Crippen LogP contribution in [0.3, 0.4) is 0 Å². The summed E-state index contributed by atoms with van der Waals surface area (Å²) in [6.45, 7) is 0. The van der Waals surface area contributed by atoms with Gasteiger partial charge in [0.1, 0.15) is 0 Å². The van der Waals surface area contributed by atoms with E-state index in [4.69, 9.17) is 9.47 Å². The van der Waals surface area contributed by atoms with Crippen LogP contribution in [-0.2, 0) is 22.3 Å². The summed E-state index contributed by atoms with van der Waals surface area (Å²) in [5.41, 5.74) is 4.43. The molecule has 0 saturated heterocycles. The average Bonchev–Trinajstić information content (AvgIpc) is 3.11. The van der Waals surface area contributed by atoms with Crippen LogP contribution in [0.2, 0.25) is 0 Å². The smallest absolute Gasteiger partial charge is 0.338 e. The van der Waals surface area contributed by atoms with E-state index in [1.807, 2.05) is 24.3 Å². The predicted molar refractivity (Wildman–Crippen MR) is 74.6 cm³/mol. The highest BCUT2D eigenvalue weighted by molar-refractivity contribution is 6.05. The topological polar surface area (TPSA) is 52.6 Å². The normalized spacial score (nSPS) is 14.1. The van der Waals surface area contributed by atoms with Crippen molar-refractivity contribution >= 4 is 24.1 Å². The van der Waals surface area contributed by atoms with Gasteiger partial charge in [0.25, 0.3) is 0 Å². The average molecular weight is 270 g/mol. The first-order valence-corrected chi connectivity index (χ1v) is 6.40. The van der Waals surface area contributed by atoms with E-state index in [1.165, 1.54) is 14.2 Å². The van der Waals surface area contributed by atoms with E-state index in [9.17, 15) is 9.59 Å². The van der Waals surface area contributed by atoms with Gasteiger partial charge in [0, 0.05) is 0 Å². The van der Waals surface area contributed by atoms with E-state index in [0.29, 0.717) is 24.0 Å². The zero-order valence-electron chi connectivity index (χ0n) is 11.4. The molecule has 0 spiro atoms. The fourth-order valence-corrected chi connectivity index (χ4v) is 2.95. The summed E-state index contributed by atoms with van der Waals surface area (Å²) in [6.07, 6.45) is 8.92. The minimum absolute atomic E-state index is 0.357. The second kappa shape index (κ2) is 4.63. The molecule has 0 unspecified atom stereocenters. The van der Waals surface area contributed by atoms with Crippen molar-refractivity contribution in [1.29, 1.82) is 0 Å². The Kier molecular flexibility index (Phi) is 2.93. The predicted octanol–water partition coefficient (Wildman–Crippen LogP) is 2.40. The summed E-state index contributed by atoms with van der Waals surface area (Å²) < 4.78 is 9.79. The molecule has 0 aromatic heterocycles. The quantitative estimate of drug-likeness (QED) is 0.774. The molecule has 102 valence electrons. The zero-order chi connectivity index (χ0) is 14.3. The van der Waals surface area contributed by atoms with Crippen molar-refractivity contribution in [2.45, 2.75) is 12.8 Å². The monoisotopic (exact) mass is 270 g/mol. The van der Waals surface area contributed by atoms with Crippen molar-refractivity contribution in [1.82, 2.24) is 0 Å². The van der Waals surface area contributed by atoms with E-state index in [1.54, 1.807) is 0 Å². The Morgan fingerprint density at radius 3 is 1.60 bits per heavy atom. The van der Waals surface area contributed by atoms with Crippen molar-refractivity contribution in [3.63, 3.8) is 0 Å². The van der Waals surface area contributed by atoms with Crippen LogP contribution in [0.5, 0.6) is 0 Å². The Bertz CT molecular complexity index is 621. The summed E-state index contributed by atoms with van der Waals surface area (Å²) in [4.78, 5) is 24.2. The lowest BCUT2D eigenvalue weighted by Gasteiger charge is -2.17. The number of methoxy groups -OCH3 is 2. The van der Waals surface area contributed by atoms with Gasteiger partial charge in [-0.1, -0.05) is 24.3 Å². The van der Waals surface area contributed by atoms with Crippen LogP contribution in [-0.4, -0.2) is 26.2 Å². The highest BCUT2D eigenvalue weighted by atomic mass is 16.5. The molecule has 2 aliphatic carbocycles. The molecule has 0 fully saturated rings. The molecule has 1 aromatic rings. The molecular weight excluding hydrogens is 256 g/mol. The fourth-order valence-electron chi connectivity index (χ4n) is 2.95. The van der Waals surface area contributed by atoms with Gasteiger partial charge in [-0.3, -0.25) is 0 Å². The molecule has 4 heteroatoms. The van der Waals surface area contributed by atoms with Crippen molar-refractivity contribution in [3.05, 3.63) is 45.5 Å². The number of fused-ring (bicyclic) bond motifs is 2. The van der Waals surface area contributed by atoms with Gasteiger partial charge in [-0.25, -0.2) is 9.59 Å². The highest BCUT2D eigenvalue weighted by Crippen LogP contribution is 2.37. The number of hydrogen-bond acceptors (Lipinski definition) is 4. The van der Waals surface area contributed by atoms with Gasteiger partial charge >= 0.3 is 11.9 Å². The maximum atomic E-state index is 12.1. The molecule has 1 aromatic carbocycles. The number of benzene rings is 1. The first-order chi connectivity index (χ1) is 9.69. The largest absolute Gasteiger partial charge is 0.465 e. The molecular formula is C16H14O4. The Balaban J connectivity index is 2.35. The van der Waals surface area contributed by atoms with Gasteiger partial charge in [-0.2, -0.15) is 0 Å². The Labute approximate surface area is 116 Å². The van der Waals surface area contributed by atoms with Gasteiger partial charge in [0.2, 0.25) is 0 Å². The van der Waals surface area contributed by atoms with Gasteiger partial charge in [0.05, 0.1) is 25.3 Å². The molecule has 0 amide bonds. The van der Waals surface area contributed by atoms with Crippen LogP contribution < -0.4 is 0 Å². The minimum atomic E-state index is -0.357. The lowest BCUT2D eigenvalue weighted by molar-refractivity contribution is 0.0584. The summed E-state index contributed by atoms with van der Waals surface area (Å²) >= 11 is 0. The van der Waals surface area contributed by atoms with Crippen LogP contribution in [0.15, 0.2) is 12.2 Å². The summed E-state index contributed by atoms with van der Waals surface area (Å²) in [5, 5.41) is 0. The van der Waals surface area contributed by atoms with E-state index in [-0.39, 0.29) is 11.9 Å². The van der Waals surface area contributed by atoms with Gasteiger partial charge in [0.15, 0.2) is 0 Å². The first kappa shape index (κ1) is 12.7. The molecule has 0 radical (unpaired) electrons. The van der Waals surface area contributed by atoms with Crippen LogP contribution in [0.4, 0.5) is 0 Å². The Morgan fingerprint density at radius 2 is 1.25 bits per heavy atom. The molecule has 0 aliphatic heterocycles. The Morgan fingerprint density at radius 1 is 0.850 bits per heavy atom. The summed E-state index contributed by atoms with van der Waals surface area (Å²) in [6, 6.07) is 0.